The molecule has 1 heterocycles. The second-order valence-corrected chi connectivity index (χ2v) is 8.66. The highest BCUT2D eigenvalue weighted by molar-refractivity contribution is 7.12. The fraction of sp³-hybridized carbons (Fsp3) is 0.455. The Balaban J connectivity index is 1.59. The van der Waals surface area contributed by atoms with E-state index in [-0.39, 0.29) is 12.0 Å². The van der Waals surface area contributed by atoms with Gasteiger partial charge in [-0.15, -0.1) is 11.3 Å². The van der Waals surface area contributed by atoms with Gasteiger partial charge in [0.05, 0.1) is 13.2 Å². The summed E-state index contributed by atoms with van der Waals surface area (Å²) in [5, 5.41) is 15.3. The molecule has 1 aromatic heterocycles. The van der Waals surface area contributed by atoms with Gasteiger partial charge in [-0.05, 0) is 38.0 Å². The van der Waals surface area contributed by atoms with Gasteiger partial charge in [-0.1, -0.05) is 31.0 Å². The lowest BCUT2D eigenvalue weighted by molar-refractivity contribution is -0.139. The van der Waals surface area contributed by atoms with Gasteiger partial charge in [0, 0.05) is 33.8 Å². The number of ether oxygens (including phenoxy) is 1. The highest BCUT2D eigenvalue weighted by Crippen LogP contribution is 2.44. The van der Waals surface area contributed by atoms with Crippen LogP contribution in [0, 0.1) is 0 Å². The fourth-order valence-electron chi connectivity index (χ4n) is 3.86. The van der Waals surface area contributed by atoms with Crippen molar-refractivity contribution in [1.29, 1.82) is 0 Å². The number of methoxy groups -OCH3 is 1. The van der Waals surface area contributed by atoms with E-state index in [1.807, 2.05) is 36.4 Å². The first-order valence-corrected chi connectivity index (χ1v) is 10.7. The summed E-state index contributed by atoms with van der Waals surface area (Å²) >= 11 is 1.59. The molecule has 29 heavy (non-hydrogen) atoms. The topological polar surface area (TPSA) is 87.7 Å². The van der Waals surface area contributed by atoms with Crippen LogP contribution in [-0.2, 0) is 21.5 Å². The number of aliphatic hydroxyl groups excluding tert-OH is 1. The van der Waals surface area contributed by atoms with Crippen molar-refractivity contribution in [2.24, 2.45) is 0 Å². The molecule has 3 rings (SSSR count). The first kappa shape index (κ1) is 21.3. The number of para-hydroxylation sites is 1. The van der Waals surface area contributed by atoms with E-state index in [0.29, 0.717) is 12.3 Å². The summed E-state index contributed by atoms with van der Waals surface area (Å²) in [5.41, 5.74) is 0.656. The summed E-state index contributed by atoms with van der Waals surface area (Å²) in [4.78, 5) is 26.7. The number of carbonyl (C=O) groups is 2. The molecule has 1 aliphatic carbocycles. The standard InChI is InChI=1S/C22H28N2O4S/c1-15(25)18-9-10-19(29-18)22(11-5-6-12-22)14-24-21(27)20(26)23-13-16-7-3-4-8-17(16)28-2/h3-4,7-10,15,25H,5-6,11-14H2,1-2H3,(H,23,26)(H,24,27). The third-order valence-corrected chi connectivity index (χ3v) is 7.05. The van der Waals surface area contributed by atoms with E-state index in [9.17, 15) is 14.7 Å². The Morgan fingerprint density at radius 2 is 1.83 bits per heavy atom. The molecule has 0 spiro atoms. The van der Waals surface area contributed by atoms with Crippen molar-refractivity contribution >= 4 is 23.2 Å². The number of amides is 2. The zero-order valence-electron chi connectivity index (χ0n) is 16.9. The number of nitrogens with one attached hydrogen (secondary N) is 2. The minimum Gasteiger partial charge on any atom is -0.496 e. The average molecular weight is 417 g/mol. The smallest absolute Gasteiger partial charge is 0.309 e. The zero-order chi connectivity index (χ0) is 20.9. The second-order valence-electron chi connectivity index (χ2n) is 7.54. The Morgan fingerprint density at radius 3 is 2.48 bits per heavy atom. The van der Waals surface area contributed by atoms with Crippen molar-refractivity contribution in [2.75, 3.05) is 13.7 Å². The van der Waals surface area contributed by atoms with Crippen molar-refractivity contribution in [2.45, 2.75) is 50.7 Å². The molecule has 3 N–H and O–H groups in total. The largest absolute Gasteiger partial charge is 0.496 e. The summed E-state index contributed by atoms with van der Waals surface area (Å²) in [5.74, 6) is -0.608. The minimum atomic E-state index is -0.653. The van der Waals surface area contributed by atoms with Crippen LogP contribution >= 0.6 is 11.3 Å². The number of hydrogen-bond donors (Lipinski definition) is 3. The molecule has 1 fully saturated rings. The Kier molecular flexibility index (Phi) is 6.92. The highest BCUT2D eigenvalue weighted by Gasteiger charge is 2.37. The van der Waals surface area contributed by atoms with E-state index < -0.39 is 17.9 Å². The van der Waals surface area contributed by atoms with E-state index in [0.717, 1.165) is 36.1 Å². The third-order valence-electron chi connectivity index (χ3n) is 5.55. The van der Waals surface area contributed by atoms with Gasteiger partial charge in [-0.3, -0.25) is 9.59 Å². The van der Waals surface area contributed by atoms with Crippen molar-refractivity contribution in [3.63, 3.8) is 0 Å². The minimum absolute atomic E-state index is 0.156. The molecule has 1 unspecified atom stereocenters. The van der Waals surface area contributed by atoms with Crippen molar-refractivity contribution < 1.29 is 19.4 Å². The molecule has 0 aliphatic heterocycles. The van der Waals surface area contributed by atoms with Crippen LogP contribution in [0.3, 0.4) is 0 Å². The van der Waals surface area contributed by atoms with Gasteiger partial charge in [0.15, 0.2) is 0 Å². The molecule has 0 saturated heterocycles. The maximum Gasteiger partial charge on any atom is 0.309 e. The van der Waals surface area contributed by atoms with E-state index in [4.69, 9.17) is 4.74 Å². The first-order valence-electron chi connectivity index (χ1n) is 9.91. The van der Waals surface area contributed by atoms with Crippen LogP contribution in [0.1, 0.15) is 54.0 Å². The number of carbonyl (C=O) groups excluding carboxylic acids is 2. The summed E-state index contributed by atoms with van der Waals surface area (Å²) in [7, 11) is 1.57. The van der Waals surface area contributed by atoms with Gasteiger partial charge in [-0.25, -0.2) is 0 Å². The van der Waals surface area contributed by atoms with Crippen LogP contribution in [0.4, 0.5) is 0 Å². The maximum absolute atomic E-state index is 12.4. The van der Waals surface area contributed by atoms with Gasteiger partial charge in [-0.2, -0.15) is 0 Å². The van der Waals surface area contributed by atoms with E-state index in [2.05, 4.69) is 10.6 Å². The average Bonchev–Trinajstić information content (AvgIpc) is 3.41. The molecule has 1 saturated carbocycles. The van der Waals surface area contributed by atoms with Crippen LogP contribution in [0.15, 0.2) is 36.4 Å². The van der Waals surface area contributed by atoms with Gasteiger partial charge in [0.25, 0.3) is 0 Å². The summed E-state index contributed by atoms with van der Waals surface area (Å²) in [6.45, 7) is 2.41. The third kappa shape index (κ3) is 4.97. The Hall–Kier alpha value is -2.38. The second kappa shape index (κ2) is 9.41. The maximum atomic E-state index is 12.4. The summed E-state index contributed by atoms with van der Waals surface area (Å²) in [6, 6.07) is 11.4. The molecule has 7 heteroatoms. The van der Waals surface area contributed by atoms with E-state index >= 15 is 0 Å². The van der Waals surface area contributed by atoms with Crippen LogP contribution in [-0.4, -0.2) is 30.6 Å². The fourth-order valence-corrected chi connectivity index (χ4v) is 5.05. The molecular formula is C22H28N2O4S. The van der Waals surface area contributed by atoms with Crippen LogP contribution in [0.2, 0.25) is 0 Å². The lowest BCUT2D eigenvalue weighted by Crippen LogP contribution is -2.45. The molecule has 1 atom stereocenters. The monoisotopic (exact) mass is 416 g/mol. The van der Waals surface area contributed by atoms with Gasteiger partial charge >= 0.3 is 11.8 Å². The number of hydrogen-bond acceptors (Lipinski definition) is 5. The van der Waals surface area contributed by atoms with Crippen LogP contribution in [0.25, 0.3) is 0 Å². The number of aliphatic hydroxyl groups is 1. The van der Waals surface area contributed by atoms with Gasteiger partial charge in [0.2, 0.25) is 0 Å². The molecule has 0 radical (unpaired) electrons. The number of benzene rings is 1. The molecule has 1 aromatic carbocycles. The van der Waals surface area contributed by atoms with E-state index in [1.54, 1.807) is 25.4 Å². The molecule has 156 valence electrons. The Labute approximate surface area is 175 Å². The quantitative estimate of drug-likeness (QED) is 0.606. The zero-order valence-corrected chi connectivity index (χ0v) is 17.7. The predicted octanol–water partition coefficient (Wildman–Crippen LogP) is 3.05. The lowest BCUT2D eigenvalue weighted by atomic mass is 9.84. The predicted molar refractivity (Wildman–Crippen MR) is 113 cm³/mol. The normalized spacial score (nSPS) is 16.2. The summed E-state index contributed by atoms with van der Waals surface area (Å²) in [6.07, 6.45) is 3.63. The Bertz CT molecular complexity index is 856. The molecule has 1 aliphatic rings. The van der Waals surface area contributed by atoms with Crippen molar-refractivity contribution in [3.8, 4) is 5.75 Å². The highest BCUT2D eigenvalue weighted by atomic mass is 32.1. The molecular weight excluding hydrogens is 388 g/mol. The number of rotatable bonds is 7. The van der Waals surface area contributed by atoms with Crippen molar-refractivity contribution in [3.05, 3.63) is 51.7 Å². The van der Waals surface area contributed by atoms with E-state index in [1.165, 1.54) is 4.88 Å². The van der Waals surface area contributed by atoms with Crippen LogP contribution in [0.5, 0.6) is 5.75 Å². The van der Waals surface area contributed by atoms with Crippen LogP contribution < -0.4 is 15.4 Å². The Morgan fingerprint density at radius 1 is 1.14 bits per heavy atom. The van der Waals surface area contributed by atoms with Crippen molar-refractivity contribution in [1.82, 2.24) is 10.6 Å². The molecule has 0 bridgehead atoms. The number of thiophene rings is 1. The van der Waals surface area contributed by atoms with Gasteiger partial charge in [0.1, 0.15) is 5.75 Å². The first-order chi connectivity index (χ1) is 13.9. The molecule has 2 aromatic rings. The summed E-state index contributed by atoms with van der Waals surface area (Å²) < 4.78 is 5.27. The lowest BCUT2D eigenvalue weighted by Gasteiger charge is -2.28. The SMILES string of the molecule is COc1ccccc1CNC(=O)C(=O)NCC1(c2ccc(C(C)O)s2)CCCC1. The molecule has 6 nitrogen and oxygen atoms in total. The van der Waals surface area contributed by atoms with Gasteiger partial charge < -0.3 is 20.5 Å². The molecule has 2 amide bonds.